The number of ether oxygens (including phenoxy) is 1. The third-order valence-corrected chi connectivity index (χ3v) is 5.18. The summed E-state index contributed by atoms with van der Waals surface area (Å²) in [5, 5.41) is 7.16. The number of hydrogen-bond donors (Lipinski definition) is 1. The number of halogens is 1. The van der Waals surface area contributed by atoms with Gasteiger partial charge in [-0.25, -0.2) is 12.8 Å². The molecular formula is C18H22FN5O3S. The molecule has 0 unspecified atom stereocenters. The first kappa shape index (κ1) is 20.0. The van der Waals surface area contributed by atoms with Crippen LogP contribution in [0, 0.1) is 5.82 Å². The molecule has 0 aliphatic carbocycles. The Kier molecular flexibility index (Phi) is 5.24. The molecule has 0 saturated heterocycles. The molecule has 8 nitrogen and oxygen atoms in total. The van der Waals surface area contributed by atoms with Gasteiger partial charge in [-0.2, -0.15) is 19.6 Å². The van der Waals surface area contributed by atoms with Crippen LogP contribution in [0.2, 0.25) is 0 Å². The van der Waals surface area contributed by atoms with Gasteiger partial charge in [0.05, 0.1) is 19.3 Å². The van der Waals surface area contributed by atoms with Crippen molar-refractivity contribution in [1.29, 1.82) is 0 Å². The molecule has 150 valence electrons. The Hall–Kier alpha value is -2.75. The monoisotopic (exact) mass is 407 g/mol. The van der Waals surface area contributed by atoms with Crippen molar-refractivity contribution in [3.63, 3.8) is 0 Å². The number of sulfone groups is 1. The average molecular weight is 407 g/mol. The molecule has 1 N–H and O–H groups in total. The molecule has 0 aliphatic heterocycles. The molecule has 0 amide bonds. The first-order valence-corrected chi connectivity index (χ1v) is 10.6. The van der Waals surface area contributed by atoms with Gasteiger partial charge in [0.1, 0.15) is 11.6 Å². The van der Waals surface area contributed by atoms with Crippen LogP contribution in [-0.2, 0) is 9.84 Å². The summed E-state index contributed by atoms with van der Waals surface area (Å²) in [7, 11) is -2.18. The van der Waals surface area contributed by atoms with Gasteiger partial charge in [-0.1, -0.05) is 19.9 Å². The fourth-order valence-electron chi connectivity index (χ4n) is 2.86. The average Bonchev–Trinajstić information content (AvgIpc) is 3.05. The van der Waals surface area contributed by atoms with Gasteiger partial charge in [-0.15, -0.1) is 0 Å². The number of nitrogens with zero attached hydrogens (tertiary/aromatic N) is 4. The van der Waals surface area contributed by atoms with Crippen LogP contribution in [0.1, 0.15) is 43.9 Å². The minimum Gasteiger partial charge on any atom is -0.496 e. The van der Waals surface area contributed by atoms with Crippen LogP contribution >= 0.6 is 0 Å². The lowest BCUT2D eigenvalue weighted by atomic mass is 10.1. The number of fused-ring (bicyclic) bond motifs is 1. The Morgan fingerprint density at radius 2 is 1.89 bits per heavy atom. The topological polar surface area (TPSA) is 98.5 Å². The molecule has 10 heteroatoms. The summed E-state index contributed by atoms with van der Waals surface area (Å²) in [6.45, 7) is 5.77. The second kappa shape index (κ2) is 7.34. The summed E-state index contributed by atoms with van der Waals surface area (Å²) in [4.78, 5) is 8.36. The largest absolute Gasteiger partial charge is 0.496 e. The molecule has 3 rings (SSSR count). The standard InChI is InChI=1S/C18H22FN5O3S/c1-10(2)14-9-20-24-16(14)22-18(28(5,25)26)23-17(24)21-11(3)13-7-6-12(19)8-15(13)27-4/h6-11H,1-5H3,(H,21,22,23)/t11-/m0/s1. The molecule has 1 aromatic carbocycles. The summed E-state index contributed by atoms with van der Waals surface area (Å²) in [6, 6.07) is 3.85. The van der Waals surface area contributed by atoms with Crippen LogP contribution in [0.25, 0.3) is 5.65 Å². The molecular weight excluding hydrogens is 385 g/mol. The van der Waals surface area contributed by atoms with E-state index >= 15 is 0 Å². The Balaban J connectivity index is 2.12. The van der Waals surface area contributed by atoms with Crippen molar-refractivity contribution >= 4 is 21.4 Å². The molecule has 1 atom stereocenters. The van der Waals surface area contributed by atoms with Crippen molar-refractivity contribution in [3.8, 4) is 5.75 Å². The molecule has 0 saturated carbocycles. The fraction of sp³-hybridized carbons (Fsp3) is 0.389. The van der Waals surface area contributed by atoms with Gasteiger partial charge in [0.15, 0.2) is 5.65 Å². The number of anilines is 1. The highest BCUT2D eigenvalue weighted by Crippen LogP contribution is 2.29. The normalized spacial score (nSPS) is 13.1. The van der Waals surface area contributed by atoms with Crippen molar-refractivity contribution in [2.45, 2.75) is 37.9 Å². The van der Waals surface area contributed by atoms with E-state index in [1.165, 1.54) is 23.8 Å². The lowest BCUT2D eigenvalue weighted by molar-refractivity contribution is 0.404. The molecule has 0 bridgehead atoms. The summed E-state index contributed by atoms with van der Waals surface area (Å²) in [5.74, 6) is 0.278. The predicted molar refractivity (Wildman–Crippen MR) is 103 cm³/mol. The van der Waals surface area contributed by atoms with E-state index in [-0.39, 0.29) is 23.1 Å². The number of rotatable bonds is 6. The lowest BCUT2D eigenvalue weighted by Gasteiger charge is -2.18. The second-order valence-corrected chi connectivity index (χ2v) is 8.75. The summed E-state index contributed by atoms with van der Waals surface area (Å²) < 4.78 is 44.4. The van der Waals surface area contributed by atoms with Gasteiger partial charge in [0.25, 0.3) is 5.16 Å². The number of aromatic nitrogens is 4. The zero-order valence-corrected chi connectivity index (χ0v) is 17.1. The first-order chi connectivity index (χ1) is 13.1. The minimum absolute atomic E-state index is 0.0993. The Labute approximate surface area is 162 Å². The van der Waals surface area contributed by atoms with Crippen LogP contribution in [0.3, 0.4) is 0 Å². The maximum absolute atomic E-state index is 13.5. The highest BCUT2D eigenvalue weighted by Gasteiger charge is 2.22. The maximum Gasteiger partial charge on any atom is 0.252 e. The van der Waals surface area contributed by atoms with Crippen LogP contribution in [0.5, 0.6) is 5.75 Å². The van der Waals surface area contributed by atoms with E-state index in [0.29, 0.717) is 17.0 Å². The van der Waals surface area contributed by atoms with Gasteiger partial charge in [0.2, 0.25) is 15.8 Å². The molecule has 2 heterocycles. The number of nitrogens with one attached hydrogen (secondary N) is 1. The van der Waals surface area contributed by atoms with Gasteiger partial charge in [-0.05, 0) is 18.9 Å². The lowest BCUT2D eigenvalue weighted by Crippen LogP contribution is -2.16. The van der Waals surface area contributed by atoms with Crippen molar-refractivity contribution in [1.82, 2.24) is 19.6 Å². The zero-order chi connectivity index (χ0) is 20.6. The molecule has 2 aromatic heterocycles. The summed E-state index contributed by atoms with van der Waals surface area (Å²) in [6.07, 6.45) is 2.70. The number of hydrogen-bond acceptors (Lipinski definition) is 7. The van der Waals surface area contributed by atoms with E-state index in [2.05, 4.69) is 20.4 Å². The third-order valence-electron chi connectivity index (χ3n) is 4.34. The summed E-state index contributed by atoms with van der Waals surface area (Å²) in [5.41, 5.74) is 1.92. The predicted octanol–water partition coefficient (Wildman–Crippen LogP) is 2.97. The second-order valence-electron chi connectivity index (χ2n) is 6.84. The van der Waals surface area contributed by atoms with E-state index in [1.54, 1.807) is 12.3 Å². The minimum atomic E-state index is -3.63. The van der Waals surface area contributed by atoms with Crippen molar-refractivity contribution < 1.29 is 17.5 Å². The van der Waals surface area contributed by atoms with Gasteiger partial charge < -0.3 is 10.1 Å². The molecule has 0 radical (unpaired) electrons. The number of methoxy groups -OCH3 is 1. The molecule has 3 aromatic rings. The zero-order valence-electron chi connectivity index (χ0n) is 16.3. The molecule has 0 aliphatic rings. The van der Waals surface area contributed by atoms with Gasteiger partial charge in [0, 0.05) is 23.4 Å². The van der Waals surface area contributed by atoms with Crippen LogP contribution in [0.15, 0.2) is 29.6 Å². The van der Waals surface area contributed by atoms with E-state index in [0.717, 1.165) is 11.8 Å². The third kappa shape index (κ3) is 3.77. The van der Waals surface area contributed by atoms with Gasteiger partial charge >= 0.3 is 0 Å². The SMILES string of the molecule is COc1cc(F)ccc1[C@H](C)Nc1nc(S(C)(=O)=O)nc2c(C(C)C)cnn12. The van der Waals surface area contributed by atoms with Gasteiger partial charge in [-0.3, -0.25) is 0 Å². The molecule has 0 spiro atoms. The molecule has 28 heavy (non-hydrogen) atoms. The van der Waals surface area contributed by atoms with Crippen molar-refractivity contribution in [2.75, 3.05) is 18.7 Å². The highest BCUT2D eigenvalue weighted by molar-refractivity contribution is 7.90. The maximum atomic E-state index is 13.5. The fourth-order valence-corrected chi connectivity index (χ4v) is 3.36. The Bertz CT molecular complexity index is 1130. The quantitative estimate of drug-likeness (QED) is 0.671. The van der Waals surface area contributed by atoms with E-state index < -0.39 is 15.7 Å². The Morgan fingerprint density at radius 3 is 2.50 bits per heavy atom. The van der Waals surface area contributed by atoms with Crippen LogP contribution in [-0.4, -0.2) is 41.4 Å². The smallest absolute Gasteiger partial charge is 0.252 e. The van der Waals surface area contributed by atoms with Crippen molar-refractivity contribution in [3.05, 3.63) is 41.3 Å². The van der Waals surface area contributed by atoms with Crippen molar-refractivity contribution in [2.24, 2.45) is 0 Å². The first-order valence-electron chi connectivity index (χ1n) is 8.67. The van der Waals surface area contributed by atoms with Crippen LogP contribution in [0.4, 0.5) is 10.3 Å². The van der Waals surface area contributed by atoms with Crippen LogP contribution < -0.4 is 10.1 Å². The molecule has 0 fully saturated rings. The Morgan fingerprint density at radius 1 is 1.18 bits per heavy atom. The number of benzene rings is 1. The van der Waals surface area contributed by atoms with E-state index in [1.807, 2.05) is 20.8 Å². The van der Waals surface area contributed by atoms with E-state index in [9.17, 15) is 12.8 Å². The highest BCUT2D eigenvalue weighted by atomic mass is 32.2. The van der Waals surface area contributed by atoms with E-state index in [4.69, 9.17) is 4.74 Å². The summed E-state index contributed by atoms with van der Waals surface area (Å²) >= 11 is 0.